The zero-order valence-electron chi connectivity index (χ0n) is 12.8. The maximum atomic E-state index is 11.5. The summed E-state index contributed by atoms with van der Waals surface area (Å²) in [5.41, 5.74) is 0. The average molecular weight is 271 g/mol. The van der Waals surface area contributed by atoms with Crippen molar-refractivity contribution >= 4 is 5.97 Å². The average Bonchev–Trinajstić information content (AvgIpc) is 2.38. The maximum absolute atomic E-state index is 11.5. The minimum Gasteiger partial charge on any atom is -0.481 e. The second kappa shape index (κ2) is 7.85. The van der Waals surface area contributed by atoms with E-state index in [-0.39, 0.29) is 18.0 Å². The second-order valence-corrected chi connectivity index (χ2v) is 5.95. The van der Waals surface area contributed by atoms with Gasteiger partial charge >= 0.3 is 5.97 Å². The lowest BCUT2D eigenvalue weighted by atomic mass is 9.75. The number of carbonyl (C=O) groups is 1. The number of hydrogen-bond acceptors (Lipinski definition) is 3. The number of rotatable bonds is 7. The highest BCUT2D eigenvalue weighted by Gasteiger charge is 2.38. The van der Waals surface area contributed by atoms with E-state index in [0.29, 0.717) is 12.5 Å². The Kier molecular flexibility index (Phi) is 6.80. The Bertz CT molecular complexity index is 279. The summed E-state index contributed by atoms with van der Waals surface area (Å²) in [6.45, 7) is 4.96. The molecule has 112 valence electrons. The van der Waals surface area contributed by atoms with Crippen LogP contribution in [0.25, 0.3) is 0 Å². The summed E-state index contributed by atoms with van der Waals surface area (Å²) in [5, 5.41) is 9.43. The molecule has 0 bridgehead atoms. The van der Waals surface area contributed by atoms with Crippen LogP contribution in [0.15, 0.2) is 0 Å². The standard InChI is InChI=1S/C15H29NO3/c1-5-6-12-7-8-13(15(17)18)14(9-12)16(3)11(2)10-19-4/h11-14H,5-10H2,1-4H3,(H,17,18). The van der Waals surface area contributed by atoms with E-state index >= 15 is 0 Å². The molecule has 1 rings (SSSR count). The molecule has 19 heavy (non-hydrogen) atoms. The minimum absolute atomic E-state index is 0.146. The van der Waals surface area contributed by atoms with Gasteiger partial charge in [0.1, 0.15) is 0 Å². The molecule has 0 aromatic heterocycles. The molecule has 0 radical (unpaired) electrons. The van der Waals surface area contributed by atoms with Crippen LogP contribution in [0.4, 0.5) is 0 Å². The van der Waals surface area contributed by atoms with Crippen molar-refractivity contribution in [3.8, 4) is 0 Å². The topological polar surface area (TPSA) is 49.8 Å². The smallest absolute Gasteiger partial charge is 0.308 e. The van der Waals surface area contributed by atoms with Gasteiger partial charge in [0.2, 0.25) is 0 Å². The van der Waals surface area contributed by atoms with Crippen molar-refractivity contribution in [1.82, 2.24) is 4.90 Å². The normalized spacial score (nSPS) is 29.4. The van der Waals surface area contributed by atoms with E-state index in [1.165, 1.54) is 12.8 Å². The SMILES string of the molecule is CCCC1CCC(C(=O)O)C(N(C)C(C)COC)C1. The first-order chi connectivity index (χ1) is 9.01. The number of methoxy groups -OCH3 is 1. The van der Waals surface area contributed by atoms with E-state index in [4.69, 9.17) is 4.74 Å². The van der Waals surface area contributed by atoms with Crippen LogP contribution in [0.5, 0.6) is 0 Å². The van der Waals surface area contributed by atoms with Crippen LogP contribution >= 0.6 is 0 Å². The van der Waals surface area contributed by atoms with Crippen LogP contribution in [-0.4, -0.2) is 48.8 Å². The predicted molar refractivity (Wildman–Crippen MR) is 76.3 cm³/mol. The van der Waals surface area contributed by atoms with Crippen molar-refractivity contribution in [2.24, 2.45) is 11.8 Å². The molecule has 1 saturated carbocycles. The largest absolute Gasteiger partial charge is 0.481 e. The van der Waals surface area contributed by atoms with Crippen molar-refractivity contribution in [2.45, 2.75) is 58.0 Å². The van der Waals surface area contributed by atoms with Crippen molar-refractivity contribution in [3.05, 3.63) is 0 Å². The summed E-state index contributed by atoms with van der Waals surface area (Å²) in [6, 6.07) is 0.408. The first-order valence-corrected chi connectivity index (χ1v) is 7.44. The Hall–Kier alpha value is -0.610. The highest BCUT2D eigenvalue weighted by atomic mass is 16.5. The molecule has 1 aliphatic rings. The summed E-state index contributed by atoms with van der Waals surface area (Å²) in [7, 11) is 3.73. The van der Waals surface area contributed by atoms with Crippen molar-refractivity contribution < 1.29 is 14.6 Å². The van der Waals surface area contributed by atoms with E-state index < -0.39 is 5.97 Å². The van der Waals surface area contributed by atoms with Crippen LogP contribution in [-0.2, 0) is 9.53 Å². The van der Waals surface area contributed by atoms with E-state index in [9.17, 15) is 9.90 Å². The van der Waals surface area contributed by atoms with Gasteiger partial charge in [0, 0.05) is 19.2 Å². The fourth-order valence-corrected chi connectivity index (χ4v) is 3.33. The van der Waals surface area contributed by atoms with Gasteiger partial charge in [0.05, 0.1) is 12.5 Å². The van der Waals surface area contributed by atoms with Crippen molar-refractivity contribution in [3.63, 3.8) is 0 Å². The van der Waals surface area contributed by atoms with Crippen LogP contribution in [0.2, 0.25) is 0 Å². The van der Waals surface area contributed by atoms with Crippen LogP contribution in [0.3, 0.4) is 0 Å². The molecule has 0 aromatic carbocycles. The summed E-state index contributed by atoms with van der Waals surface area (Å²) in [6.07, 6.45) is 5.29. The van der Waals surface area contributed by atoms with Crippen LogP contribution in [0, 0.1) is 11.8 Å². The second-order valence-electron chi connectivity index (χ2n) is 5.95. The van der Waals surface area contributed by atoms with E-state index in [1.54, 1.807) is 7.11 Å². The van der Waals surface area contributed by atoms with Gasteiger partial charge in [-0.1, -0.05) is 19.8 Å². The maximum Gasteiger partial charge on any atom is 0.308 e. The molecule has 0 heterocycles. The van der Waals surface area contributed by atoms with Gasteiger partial charge in [0.15, 0.2) is 0 Å². The van der Waals surface area contributed by atoms with E-state index in [0.717, 1.165) is 19.3 Å². The lowest BCUT2D eigenvalue weighted by molar-refractivity contribution is -0.146. The lowest BCUT2D eigenvalue weighted by Crippen LogP contribution is -2.49. The number of nitrogens with zero attached hydrogens (tertiary/aromatic N) is 1. The summed E-state index contributed by atoms with van der Waals surface area (Å²) in [4.78, 5) is 13.7. The third-order valence-electron chi connectivity index (χ3n) is 4.57. The summed E-state index contributed by atoms with van der Waals surface area (Å²) < 4.78 is 5.20. The molecule has 4 nitrogen and oxygen atoms in total. The molecule has 0 aliphatic heterocycles. The number of ether oxygens (including phenoxy) is 1. The number of likely N-dealkylation sites (N-methyl/N-ethyl adjacent to an activating group) is 1. The highest BCUT2D eigenvalue weighted by molar-refractivity contribution is 5.71. The third-order valence-corrected chi connectivity index (χ3v) is 4.57. The minimum atomic E-state index is -0.642. The third kappa shape index (κ3) is 4.46. The van der Waals surface area contributed by atoms with E-state index in [2.05, 4.69) is 18.7 Å². The van der Waals surface area contributed by atoms with Gasteiger partial charge in [-0.15, -0.1) is 0 Å². The predicted octanol–water partition coefficient (Wildman–Crippen LogP) is 2.62. The van der Waals surface area contributed by atoms with E-state index in [1.807, 2.05) is 7.05 Å². The van der Waals surface area contributed by atoms with Gasteiger partial charge in [0.25, 0.3) is 0 Å². The monoisotopic (exact) mass is 271 g/mol. The summed E-state index contributed by atoms with van der Waals surface area (Å²) in [5.74, 6) is -0.184. The Balaban J connectivity index is 2.73. The molecule has 1 fully saturated rings. The molecule has 0 saturated heterocycles. The molecule has 1 aliphatic carbocycles. The number of aliphatic carboxylic acids is 1. The Labute approximate surface area is 117 Å². The van der Waals surface area contributed by atoms with Crippen molar-refractivity contribution in [2.75, 3.05) is 20.8 Å². The first kappa shape index (κ1) is 16.4. The Morgan fingerprint density at radius 1 is 1.47 bits per heavy atom. The number of carboxylic acid groups (broad SMARTS) is 1. The molecule has 0 amide bonds. The Morgan fingerprint density at radius 3 is 2.68 bits per heavy atom. The molecule has 4 unspecified atom stereocenters. The van der Waals surface area contributed by atoms with Gasteiger partial charge < -0.3 is 9.84 Å². The molecule has 1 N–H and O–H groups in total. The van der Waals surface area contributed by atoms with Gasteiger partial charge in [-0.2, -0.15) is 0 Å². The molecule has 0 spiro atoms. The lowest BCUT2D eigenvalue weighted by Gasteiger charge is -2.41. The quantitative estimate of drug-likeness (QED) is 0.773. The van der Waals surface area contributed by atoms with Gasteiger partial charge in [-0.05, 0) is 39.2 Å². The van der Waals surface area contributed by atoms with Gasteiger partial charge in [-0.25, -0.2) is 0 Å². The number of hydrogen-bond donors (Lipinski definition) is 1. The zero-order chi connectivity index (χ0) is 14.4. The fraction of sp³-hybridized carbons (Fsp3) is 0.933. The number of carboxylic acids is 1. The molecule has 0 aromatic rings. The van der Waals surface area contributed by atoms with Gasteiger partial charge in [-0.3, -0.25) is 9.69 Å². The van der Waals surface area contributed by atoms with Crippen LogP contribution < -0.4 is 0 Å². The van der Waals surface area contributed by atoms with Crippen molar-refractivity contribution in [1.29, 1.82) is 0 Å². The first-order valence-electron chi connectivity index (χ1n) is 7.44. The Morgan fingerprint density at radius 2 is 2.16 bits per heavy atom. The zero-order valence-corrected chi connectivity index (χ0v) is 12.8. The molecule has 4 heteroatoms. The summed E-state index contributed by atoms with van der Waals surface area (Å²) >= 11 is 0. The molecular formula is C15H29NO3. The molecular weight excluding hydrogens is 242 g/mol. The fourth-order valence-electron chi connectivity index (χ4n) is 3.33. The highest BCUT2D eigenvalue weighted by Crippen LogP contribution is 2.35. The van der Waals surface area contributed by atoms with Crippen LogP contribution in [0.1, 0.15) is 46.0 Å². The molecule has 4 atom stereocenters.